The van der Waals surface area contributed by atoms with E-state index in [1.807, 2.05) is 236 Å². The van der Waals surface area contributed by atoms with Crippen molar-refractivity contribution in [3.63, 3.8) is 0 Å². The van der Waals surface area contributed by atoms with Crippen molar-refractivity contribution in [1.82, 2.24) is 31.9 Å². The molecule has 142 heavy (non-hydrogen) atoms. The number of hydrogen-bond donors (Lipinski definition) is 7. The third kappa shape index (κ3) is 31.6. The van der Waals surface area contributed by atoms with Gasteiger partial charge in [0.2, 0.25) is 0 Å². The predicted octanol–water partition coefficient (Wildman–Crippen LogP) is 21.1. The topological polar surface area (TPSA) is 321 Å². The summed E-state index contributed by atoms with van der Waals surface area (Å²) in [6.07, 6.45) is 12.9. The van der Waals surface area contributed by atoms with Crippen LogP contribution in [0.5, 0.6) is 28.7 Å². The Labute approximate surface area is 839 Å². The zero-order valence-electron chi connectivity index (χ0n) is 86.5. The van der Waals surface area contributed by atoms with Gasteiger partial charge in [-0.2, -0.15) is 0 Å². The van der Waals surface area contributed by atoms with E-state index in [1.54, 1.807) is 77.0 Å². The molecule has 764 valence electrons. The molecule has 25 heteroatoms. The first-order chi connectivity index (χ1) is 67.8. The molecule has 0 saturated carbocycles. The van der Waals surface area contributed by atoms with Gasteiger partial charge in [-0.3, -0.25) is 19.2 Å². The van der Waals surface area contributed by atoms with E-state index in [0.29, 0.717) is 86.1 Å². The summed E-state index contributed by atoms with van der Waals surface area (Å²) in [5.41, 5.74) is 1.61. The second kappa shape index (κ2) is 51.9. The molecule has 0 radical (unpaired) electrons. The number of aromatic hydroxyl groups is 1. The molecule has 6 saturated heterocycles. The Morgan fingerprint density at radius 3 is 1.06 bits per heavy atom. The highest BCUT2D eigenvalue weighted by Gasteiger charge is 2.41. The molecular weight excluding hydrogens is 1790 g/mol. The highest BCUT2D eigenvalue weighted by Crippen LogP contribution is 2.40. The third-order valence-corrected chi connectivity index (χ3v) is 29.0. The van der Waals surface area contributed by atoms with Gasteiger partial charge in [-0.15, -0.1) is 0 Å². The zero-order chi connectivity index (χ0) is 102. The number of fused-ring (bicyclic) bond motifs is 4. The molecule has 0 aliphatic carbocycles. The summed E-state index contributed by atoms with van der Waals surface area (Å²) < 4.78 is 56.1. The Morgan fingerprint density at radius 1 is 0.282 bits per heavy atom. The Bertz CT molecular complexity index is 5840. The summed E-state index contributed by atoms with van der Waals surface area (Å²) in [7, 11) is 6.39. The number of carbonyl (C=O) groups is 8. The molecule has 16 rings (SSSR count). The first kappa shape index (κ1) is 111. The lowest BCUT2D eigenvalue weighted by atomic mass is 9.83. The largest absolute Gasteiger partial charge is 0.508 e. The fraction of sp³-hybridized carbons (Fsp3) is 0.487. The van der Waals surface area contributed by atoms with Crippen molar-refractivity contribution in [3.05, 3.63) is 233 Å². The van der Waals surface area contributed by atoms with Crippen molar-refractivity contribution in [2.75, 3.05) is 107 Å². The molecular formula is C117H152N6O19. The van der Waals surface area contributed by atoms with E-state index in [2.05, 4.69) is 31.9 Å². The van der Waals surface area contributed by atoms with Crippen molar-refractivity contribution in [2.45, 2.75) is 226 Å². The highest BCUT2D eigenvalue weighted by atomic mass is 16.6. The average Bonchev–Trinajstić information content (AvgIpc) is 0.827. The number of nitrogens with one attached hydrogen (secondary N) is 6. The van der Waals surface area contributed by atoms with E-state index < -0.39 is 33.6 Å². The predicted molar refractivity (Wildman–Crippen MR) is 560 cm³/mol. The first-order valence-electron chi connectivity index (χ1n) is 50.6. The number of carbonyl (C=O) groups excluding carboxylic acids is 8. The van der Waals surface area contributed by atoms with Gasteiger partial charge in [0.15, 0.2) is 11.6 Å². The molecule has 10 aromatic rings. The number of rotatable bonds is 28. The van der Waals surface area contributed by atoms with Crippen LogP contribution >= 0.6 is 0 Å². The second-order valence-corrected chi connectivity index (χ2v) is 41.1. The number of piperidine rings is 6. The minimum absolute atomic E-state index is 0.0124. The number of Topliss-reactive ketones (excluding diaryl/α,β-unsaturated/α-hetero) is 2. The van der Waals surface area contributed by atoms with Crippen LogP contribution in [0.4, 0.5) is 0 Å². The zero-order valence-corrected chi connectivity index (χ0v) is 86.5. The molecule has 6 aliphatic heterocycles. The summed E-state index contributed by atoms with van der Waals surface area (Å²) in [5.74, 6) is 3.20. The molecule has 6 fully saturated rings. The molecule has 0 aromatic heterocycles. The van der Waals surface area contributed by atoms with E-state index >= 15 is 0 Å². The number of ether oxygens (including phenoxy) is 10. The molecule has 10 aromatic carbocycles. The summed E-state index contributed by atoms with van der Waals surface area (Å²) in [5, 5.41) is 37.2. The third-order valence-electron chi connectivity index (χ3n) is 29.0. The Morgan fingerprint density at radius 2 is 0.627 bits per heavy atom. The number of ketones is 2. The maximum Gasteiger partial charge on any atom is 0.343 e. The van der Waals surface area contributed by atoms with Crippen LogP contribution in [0, 0.1) is 42.4 Å². The average molecular weight is 1950 g/mol. The Hall–Kier alpha value is -11.8. The Balaban J connectivity index is 0.000000163. The molecule has 0 atom stereocenters. The quantitative estimate of drug-likeness (QED) is 0.0136. The van der Waals surface area contributed by atoms with Crippen molar-refractivity contribution in [2.24, 2.45) is 35.5 Å². The van der Waals surface area contributed by atoms with Crippen molar-refractivity contribution in [3.8, 4) is 28.7 Å². The lowest BCUT2D eigenvalue weighted by molar-refractivity contribution is -0.163. The maximum absolute atomic E-state index is 13.0. The summed E-state index contributed by atoms with van der Waals surface area (Å²) in [6.45, 7) is 37.6. The normalized spacial score (nSPS) is 16.1. The molecule has 25 nitrogen and oxygen atoms in total. The van der Waals surface area contributed by atoms with E-state index in [-0.39, 0.29) is 78.8 Å². The standard InChI is InChI=1S/3C20H25NO3.C19H27NO4.C19H23NO3.C19H27NO3/c1-20(2,17-8-10-21-11-9-17)24-19(22)16-5-4-15-13-18(23-3)7-6-14(15)12-16;1-20(2,16-8-10-21-11-9-16)24-19(22)17-12-14-6-4-5-7-15(14)13-18(17)23-3;1-20(2,15-10-12-21-13-11-15)24-19(22)18-16-7-5-4-6-14(16)8-9-17(18)23-3;1-19(2,15-10-12-20-13-11-15)24-18(22)9-8-17(21)14-4-6-16(23-3)7-5-14;1-19(2,14-8-10-20-11-9-14)23-18(22)17-5-3-4-13-12-15(21)6-7-16(13)17;1-14-4-6-15(7-5-14)17(21)8-9-18(22)23-19(2,3)16-10-12-20-13-11-16/h4-7,12-13,17,21H,8-11H2,1-3H3;4-7,12-13,16,21H,8-11H2,1-3H3;4-9,15,21H,10-13H2,1-3H3;4-7,15,20H,8-13H2,1-3H3;3-7,12,14,20-21H,8-11H2,1-2H3;4-7,16,20H,8-13H2,1-3H3. The SMILES string of the molecule is CC(C)(OC(=O)c1cccc2cc(O)ccc12)C1CCNCC1.COc1cc2ccccc2cc1C(=O)OC(C)(C)C1CCNCC1.COc1ccc(C(=O)CCC(=O)OC(C)(C)C2CCNCC2)cc1.COc1ccc2cc(C(=O)OC(C)(C)C3CCNCC3)ccc2c1.COc1ccc2ccccc2c1C(=O)OC(C)(C)C1CCNCC1.Cc1ccc(C(=O)CCC(=O)OC(C)(C)C2CCNCC2)cc1. The van der Waals surface area contributed by atoms with Crippen LogP contribution in [0.25, 0.3) is 43.1 Å². The van der Waals surface area contributed by atoms with Gasteiger partial charge in [0.05, 0.1) is 52.4 Å². The molecule has 0 unspecified atom stereocenters. The fourth-order valence-corrected chi connectivity index (χ4v) is 19.8. The van der Waals surface area contributed by atoms with E-state index in [1.165, 1.54) is 0 Å². The lowest BCUT2D eigenvalue weighted by Crippen LogP contribution is -2.42. The van der Waals surface area contributed by atoms with Gasteiger partial charge >= 0.3 is 35.8 Å². The number of phenols is 1. The molecule has 0 bridgehead atoms. The number of esters is 6. The monoisotopic (exact) mass is 1950 g/mol. The van der Waals surface area contributed by atoms with Gasteiger partial charge in [-0.1, -0.05) is 109 Å². The van der Waals surface area contributed by atoms with Gasteiger partial charge < -0.3 is 84.4 Å². The van der Waals surface area contributed by atoms with Gasteiger partial charge in [0.25, 0.3) is 0 Å². The van der Waals surface area contributed by atoms with Gasteiger partial charge in [-0.05, 0) is 380 Å². The minimum atomic E-state index is -0.499. The van der Waals surface area contributed by atoms with Crippen LogP contribution in [0.2, 0.25) is 0 Å². The van der Waals surface area contributed by atoms with Crippen LogP contribution in [-0.2, 0) is 38.0 Å². The van der Waals surface area contributed by atoms with Crippen LogP contribution in [0.1, 0.15) is 254 Å². The summed E-state index contributed by atoms with van der Waals surface area (Å²) >= 11 is 0. The molecule has 7 N–H and O–H groups in total. The molecule has 6 heterocycles. The first-order valence-corrected chi connectivity index (χ1v) is 50.6. The molecule has 6 aliphatic rings. The van der Waals surface area contributed by atoms with Gasteiger partial charge in [-0.25, -0.2) is 19.2 Å². The molecule has 0 amide bonds. The summed E-state index contributed by atoms with van der Waals surface area (Å²) in [4.78, 5) is 99.6. The van der Waals surface area contributed by atoms with Crippen LogP contribution in [-0.4, -0.2) is 193 Å². The van der Waals surface area contributed by atoms with E-state index in [4.69, 9.17) is 47.4 Å². The number of benzene rings is 10. The van der Waals surface area contributed by atoms with Gasteiger partial charge in [0, 0.05) is 59.5 Å². The number of phenolic OH excluding ortho intramolecular Hbond substituents is 1. The second-order valence-electron chi connectivity index (χ2n) is 41.1. The Kier molecular flexibility index (Phi) is 40.4. The maximum atomic E-state index is 13.0. The van der Waals surface area contributed by atoms with E-state index in [0.717, 1.165) is 210 Å². The summed E-state index contributed by atoms with van der Waals surface area (Å²) in [6, 6.07) is 59.6. The van der Waals surface area contributed by atoms with Gasteiger partial charge in [0.1, 0.15) is 73.5 Å². The fourth-order valence-electron chi connectivity index (χ4n) is 19.8. The minimum Gasteiger partial charge on any atom is -0.508 e. The van der Waals surface area contributed by atoms with Crippen molar-refractivity contribution < 1.29 is 90.8 Å². The molecule has 0 spiro atoms. The van der Waals surface area contributed by atoms with Crippen molar-refractivity contribution >= 4 is 90.5 Å². The van der Waals surface area contributed by atoms with Crippen LogP contribution in [0.3, 0.4) is 0 Å². The van der Waals surface area contributed by atoms with Crippen LogP contribution in [0.15, 0.2) is 194 Å². The number of methoxy groups -OCH3 is 4. The highest BCUT2D eigenvalue weighted by molar-refractivity contribution is 6.08. The lowest BCUT2D eigenvalue weighted by Gasteiger charge is -2.36. The van der Waals surface area contributed by atoms with Crippen molar-refractivity contribution in [1.29, 1.82) is 0 Å². The van der Waals surface area contributed by atoms with E-state index in [9.17, 15) is 43.5 Å². The number of aryl methyl sites for hydroxylation is 1. The smallest absolute Gasteiger partial charge is 0.343 e. The number of hydrogen-bond acceptors (Lipinski definition) is 25. The van der Waals surface area contributed by atoms with Crippen LogP contribution < -0.4 is 50.8 Å².